The summed E-state index contributed by atoms with van der Waals surface area (Å²) < 4.78 is 4.68. The lowest BCUT2D eigenvalue weighted by molar-refractivity contribution is -0.134. The molecule has 152 valence electrons. The zero-order valence-electron chi connectivity index (χ0n) is 16.5. The van der Waals surface area contributed by atoms with Crippen LogP contribution in [0.4, 0.5) is 0 Å². The van der Waals surface area contributed by atoms with Gasteiger partial charge in [-0.15, -0.1) is 0 Å². The molecule has 0 spiro atoms. The van der Waals surface area contributed by atoms with Gasteiger partial charge in [0.2, 0.25) is 5.91 Å². The predicted molar refractivity (Wildman–Crippen MR) is 112 cm³/mol. The summed E-state index contributed by atoms with van der Waals surface area (Å²) in [5.41, 5.74) is 1.37. The Morgan fingerprint density at radius 3 is 2.64 bits per heavy atom. The number of methoxy groups -OCH3 is 1. The molecule has 0 N–H and O–H groups in total. The summed E-state index contributed by atoms with van der Waals surface area (Å²) in [5.74, 6) is 0.0688. The lowest BCUT2D eigenvalue weighted by atomic mass is 10.2. The molecule has 6 nitrogen and oxygen atoms in total. The number of rotatable bonds is 7. The third-order valence-electron chi connectivity index (χ3n) is 5.14. The van der Waals surface area contributed by atoms with Crippen molar-refractivity contribution in [3.8, 4) is 0 Å². The lowest BCUT2D eigenvalue weighted by Crippen LogP contribution is -2.33. The van der Waals surface area contributed by atoms with Crippen LogP contribution in [0.3, 0.4) is 0 Å². The first-order valence-electron chi connectivity index (χ1n) is 9.87. The highest BCUT2D eigenvalue weighted by Gasteiger charge is 2.27. The van der Waals surface area contributed by atoms with E-state index in [0.717, 1.165) is 45.7 Å². The van der Waals surface area contributed by atoms with Gasteiger partial charge in [-0.25, -0.2) is 4.79 Å². The Labute approximate surface area is 171 Å². The van der Waals surface area contributed by atoms with Gasteiger partial charge < -0.3 is 14.5 Å². The molecule has 2 fully saturated rings. The molecule has 1 aromatic carbocycles. The smallest absolute Gasteiger partial charge is 0.333 e. The maximum absolute atomic E-state index is 12.1. The van der Waals surface area contributed by atoms with E-state index in [4.69, 9.17) is 0 Å². The van der Waals surface area contributed by atoms with E-state index in [0.29, 0.717) is 17.3 Å². The van der Waals surface area contributed by atoms with Crippen LogP contribution in [0.5, 0.6) is 0 Å². The number of carbonyl (C=O) groups excluding carboxylic acids is 2. The van der Waals surface area contributed by atoms with E-state index >= 15 is 0 Å². The second-order valence-electron chi connectivity index (χ2n) is 7.15. The van der Waals surface area contributed by atoms with Crippen molar-refractivity contribution >= 4 is 23.6 Å². The number of amides is 1. The molecular weight excluding hydrogens is 374 g/mol. The number of hydrogen-bond acceptors (Lipinski definition) is 6. The Balaban J connectivity index is 1.43. The van der Waals surface area contributed by atoms with E-state index in [2.05, 4.69) is 44.9 Å². The Morgan fingerprint density at radius 2 is 1.86 bits per heavy atom. The minimum atomic E-state index is -0.409. The van der Waals surface area contributed by atoms with Crippen molar-refractivity contribution in [1.82, 2.24) is 14.7 Å². The van der Waals surface area contributed by atoms with E-state index in [1.165, 1.54) is 36.9 Å². The molecular formula is C21H29N3O3S. The van der Waals surface area contributed by atoms with Crippen LogP contribution >= 0.6 is 11.8 Å². The molecule has 0 unspecified atom stereocenters. The van der Waals surface area contributed by atoms with Crippen LogP contribution in [0.2, 0.25) is 0 Å². The summed E-state index contributed by atoms with van der Waals surface area (Å²) in [6, 6.07) is 10.6. The van der Waals surface area contributed by atoms with Crippen LogP contribution in [0.25, 0.3) is 0 Å². The van der Waals surface area contributed by atoms with Gasteiger partial charge in [0.1, 0.15) is 0 Å². The third-order valence-corrected chi connectivity index (χ3v) is 6.16. The van der Waals surface area contributed by atoms with E-state index in [1.807, 2.05) is 0 Å². The Hall–Kier alpha value is -1.83. The Bertz CT molecular complexity index is 695. The van der Waals surface area contributed by atoms with Crippen LogP contribution in [-0.2, 0) is 20.9 Å². The third kappa shape index (κ3) is 6.09. The second kappa shape index (κ2) is 10.6. The lowest BCUT2D eigenvalue weighted by Gasteiger charge is -2.23. The summed E-state index contributed by atoms with van der Waals surface area (Å²) in [6.45, 7) is 6.98. The highest BCUT2D eigenvalue weighted by Crippen LogP contribution is 2.28. The van der Waals surface area contributed by atoms with Gasteiger partial charge in [0.05, 0.1) is 24.0 Å². The van der Waals surface area contributed by atoms with Gasteiger partial charge in [0, 0.05) is 26.2 Å². The quantitative estimate of drug-likeness (QED) is 0.514. The van der Waals surface area contributed by atoms with Crippen molar-refractivity contribution in [2.45, 2.75) is 19.4 Å². The number of thioether (sulfide) groups is 1. The van der Waals surface area contributed by atoms with Crippen molar-refractivity contribution in [3.05, 3.63) is 47.0 Å². The molecule has 0 aromatic heterocycles. The van der Waals surface area contributed by atoms with Crippen molar-refractivity contribution in [2.24, 2.45) is 0 Å². The van der Waals surface area contributed by atoms with Crippen LogP contribution in [-0.4, -0.2) is 78.7 Å². The summed E-state index contributed by atoms with van der Waals surface area (Å²) in [7, 11) is 1.35. The van der Waals surface area contributed by atoms with E-state index in [-0.39, 0.29) is 5.91 Å². The van der Waals surface area contributed by atoms with Gasteiger partial charge in [-0.2, -0.15) is 0 Å². The first-order valence-corrected chi connectivity index (χ1v) is 10.9. The van der Waals surface area contributed by atoms with Gasteiger partial charge in [-0.1, -0.05) is 42.1 Å². The summed E-state index contributed by atoms with van der Waals surface area (Å²) >= 11 is 1.41. The van der Waals surface area contributed by atoms with Gasteiger partial charge in [-0.05, 0) is 38.0 Å². The van der Waals surface area contributed by atoms with Crippen molar-refractivity contribution < 1.29 is 14.3 Å². The van der Waals surface area contributed by atoms with Crippen molar-refractivity contribution in [2.75, 3.05) is 52.1 Å². The zero-order chi connectivity index (χ0) is 19.8. The predicted octanol–water partition coefficient (Wildman–Crippen LogP) is 2.17. The fourth-order valence-corrected chi connectivity index (χ4v) is 4.58. The van der Waals surface area contributed by atoms with Gasteiger partial charge >= 0.3 is 5.97 Å². The SMILES string of the molecule is COC(=O)/C=C1\SCC(=O)N1CCCN1CCCN(Cc2ccccc2)CC1. The van der Waals surface area contributed by atoms with Gasteiger partial charge in [0.15, 0.2) is 0 Å². The summed E-state index contributed by atoms with van der Waals surface area (Å²) in [5, 5.41) is 0.710. The minimum absolute atomic E-state index is 0.0741. The molecule has 2 heterocycles. The number of benzene rings is 1. The number of esters is 1. The molecule has 0 radical (unpaired) electrons. The number of nitrogens with zero attached hydrogens (tertiary/aromatic N) is 3. The van der Waals surface area contributed by atoms with Crippen LogP contribution in [0, 0.1) is 0 Å². The molecule has 0 atom stereocenters. The second-order valence-corrected chi connectivity index (χ2v) is 8.15. The molecule has 1 amide bonds. The monoisotopic (exact) mass is 403 g/mol. The van der Waals surface area contributed by atoms with Gasteiger partial charge in [0.25, 0.3) is 0 Å². The Kier molecular flexibility index (Phi) is 7.94. The fraction of sp³-hybridized carbons (Fsp3) is 0.524. The fourth-order valence-electron chi connectivity index (χ4n) is 3.63. The molecule has 28 heavy (non-hydrogen) atoms. The maximum Gasteiger partial charge on any atom is 0.333 e. The first kappa shape index (κ1) is 20.9. The van der Waals surface area contributed by atoms with Crippen LogP contribution < -0.4 is 0 Å². The largest absolute Gasteiger partial charge is 0.466 e. The number of ether oxygens (including phenoxy) is 1. The Morgan fingerprint density at radius 1 is 1.11 bits per heavy atom. The molecule has 2 aliphatic rings. The summed E-state index contributed by atoms with van der Waals surface area (Å²) in [6.07, 6.45) is 3.49. The molecule has 2 aliphatic heterocycles. The number of hydrogen-bond donors (Lipinski definition) is 0. The molecule has 3 rings (SSSR count). The van der Waals surface area contributed by atoms with Crippen molar-refractivity contribution in [1.29, 1.82) is 0 Å². The molecule has 1 aromatic rings. The highest BCUT2D eigenvalue weighted by atomic mass is 32.2. The normalized spacial score (nSPS) is 20.5. The van der Waals surface area contributed by atoms with Crippen LogP contribution in [0.1, 0.15) is 18.4 Å². The first-order chi connectivity index (χ1) is 13.7. The molecule has 7 heteroatoms. The topological polar surface area (TPSA) is 53.1 Å². The number of carbonyl (C=O) groups is 2. The maximum atomic E-state index is 12.1. The average molecular weight is 404 g/mol. The highest BCUT2D eigenvalue weighted by molar-refractivity contribution is 8.04. The van der Waals surface area contributed by atoms with Gasteiger partial charge in [-0.3, -0.25) is 9.69 Å². The average Bonchev–Trinajstić information content (AvgIpc) is 2.90. The standard InChI is InChI=1S/C21H29N3O3S/c1-27-21(26)15-20-24(19(25)17-28-20)12-6-10-22-9-5-11-23(14-13-22)16-18-7-3-2-4-8-18/h2-4,7-8,15H,5-6,9-14,16-17H2,1H3/b20-15-. The van der Waals surface area contributed by atoms with E-state index < -0.39 is 5.97 Å². The van der Waals surface area contributed by atoms with Crippen LogP contribution in [0.15, 0.2) is 41.4 Å². The molecule has 0 bridgehead atoms. The molecule has 2 saturated heterocycles. The molecule has 0 aliphatic carbocycles. The minimum Gasteiger partial charge on any atom is -0.466 e. The van der Waals surface area contributed by atoms with E-state index in [1.54, 1.807) is 4.90 Å². The van der Waals surface area contributed by atoms with E-state index in [9.17, 15) is 9.59 Å². The molecule has 0 saturated carbocycles. The summed E-state index contributed by atoms with van der Waals surface area (Å²) in [4.78, 5) is 30.3. The van der Waals surface area contributed by atoms with Crippen molar-refractivity contribution in [3.63, 3.8) is 0 Å². The zero-order valence-corrected chi connectivity index (χ0v) is 17.3.